The summed E-state index contributed by atoms with van der Waals surface area (Å²) < 4.78 is 0. The molecule has 0 bridgehead atoms. The number of hydrogen-bond donors (Lipinski definition) is 3. The molecule has 0 radical (unpaired) electrons. The number of thioether (sulfide) groups is 1. The van der Waals surface area contributed by atoms with Crippen molar-refractivity contribution in [1.82, 2.24) is 10.3 Å². The highest BCUT2D eigenvalue weighted by Gasteiger charge is 2.16. The summed E-state index contributed by atoms with van der Waals surface area (Å²) in [7, 11) is 0. The number of carbonyl (C=O) groups excluding carboxylic acids is 3. The fraction of sp³-hybridized carbons (Fsp3) is 0.0345. The van der Waals surface area contributed by atoms with Crippen LogP contribution in [0.3, 0.4) is 0 Å². The fourth-order valence-electron chi connectivity index (χ4n) is 3.36. The zero-order chi connectivity index (χ0) is 28.5. The van der Waals surface area contributed by atoms with Gasteiger partial charge in [-0.15, -0.1) is 11.8 Å². The summed E-state index contributed by atoms with van der Waals surface area (Å²) in [5.41, 5.74) is 1.33. The molecule has 3 N–H and O–H groups in total. The summed E-state index contributed by atoms with van der Waals surface area (Å²) in [6.45, 7) is 0. The van der Waals surface area contributed by atoms with Crippen molar-refractivity contribution in [3.63, 3.8) is 0 Å². The third kappa shape index (κ3) is 8.59. The highest BCUT2D eigenvalue weighted by atomic mass is 35.5. The molecule has 0 saturated carbocycles. The Balaban J connectivity index is 1.47. The molecule has 0 aliphatic heterocycles. The van der Waals surface area contributed by atoms with Gasteiger partial charge in [-0.25, -0.2) is 4.98 Å². The minimum atomic E-state index is -0.566. The molecule has 0 aliphatic carbocycles. The third-order valence-electron chi connectivity index (χ3n) is 5.25. The molecule has 1 aromatic heterocycles. The summed E-state index contributed by atoms with van der Waals surface area (Å²) in [5, 5.41) is 9.39. The lowest BCUT2D eigenvalue weighted by atomic mass is 10.1. The molecule has 0 unspecified atom stereocenters. The van der Waals surface area contributed by atoms with Gasteiger partial charge in [0.1, 0.15) is 11.5 Å². The van der Waals surface area contributed by atoms with Gasteiger partial charge >= 0.3 is 0 Å². The number of rotatable bonds is 9. The van der Waals surface area contributed by atoms with Gasteiger partial charge in [-0.05, 0) is 66.2 Å². The van der Waals surface area contributed by atoms with E-state index in [1.54, 1.807) is 78.9 Å². The van der Waals surface area contributed by atoms with Gasteiger partial charge in [-0.3, -0.25) is 14.4 Å². The van der Waals surface area contributed by atoms with E-state index in [0.29, 0.717) is 37.7 Å². The Kier molecular flexibility index (Phi) is 10.2. The van der Waals surface area contributed by atoms with Gasteiger partial charge < -0.3 is 16.0 Å². The number of benzene rings is 3. The van der Waals surface area contributed by atoms with Crippen LogP contribution < -0.4 is 16.0 Å². The van der Waals surface area contributed by atoms with Crippen molar-refractivity contribution >= 4 is 81.9 Å². The van der Waals surface area contributed by atoms with Gasteiger partial charge in [0.05, 0.1) is 10.8 Å². The highest BCUT2D eigenvalue weighted by molar-refractivity contribution is 8.00. The number of nitrogens with zero attached hydrogens (tertiary/aromatic N) is 1. The van der Waals surface area contributed by atoms with Crippen molar-refractivity contribution in [1.29, 1.82) is 0 Å². The molecule has 7 nitrogen and oxygen atoms in total. The standard InChI is InChI=1S/C29H21Cl3N4O3S/c30-20-10-9-19(24(32)14-20)13-25(35-28(38)18-5-2-1-3-6-18)29(39)34-22-7-4-8-23(15-22)40-17-27(37)36-26-12-11-21(31)16-33-26/h1-16H,17H2,(H,34,39)(H,35,38)(H,33,36,37)/b25-13+. The predicted molar refractivity (Wildman–Crippen MR) is 162 cm³/mol. The van der Waals surface area contributed by atoms with Crippen molar-refractivity contribution in [3.8, 4) is 0 Å². The molecular weight excluding hydrogens is 591 g/mol. The molecule has 40 heavy (non-hydrogen) atoms. The molecule has 0 fully saturated rings. The van der Waals surface area contributed by atoms with Crippen LogP contribution in [0.1, 0.15) is 15.9 Å². The van der Waals surface area contributed by atoms with E-state index in [9.17, 15) is 14.4 Å². The van der Waals surface area contributed by atoms with E-state index in [1.165, 1.54) is 24.0 Å². The molecule has 4 aromatic rings. The Labute approximate surface area is 249 Å². The Morgan fingerprint density at radius 1 is 0.825 bits per heavy atom. The van der Waals surface area contributed by atoms with E-state index in [1.807, 2.05) is 6.07 Å². The van der Waals surface area contributed by atoms with Gasteiger partial charge in [-0.1, -0.05) is 65.1 Å². The third-order valence-corrected chi connectivity index (χ3v) is 7.03. The molecular formula is C29H21Cl3N4O3S. The summed E-state index contributed by atoms with van der Waals surface area (Å²) in [6, 6.07) is 23.6. The number of nitrogens with one attached hydrogen (secondary N) is 3. The molecule has 0 saturated heterocycles. The number of aromatic nitrogens is 1. The van der Waals surface area contributed by atoms with Crippen LogP contribution in [0.25, 0.3) is 6.08 Å². The van der Waals surface area contributed by atoms with Crippen LogP contribution in [0.15, 0.2) is 102 Å². The summed E-state index contributed by atoms with van der Waals surface area (Å²) in [4.78, 5) is 43.3. The number of hydrogen-bond acceptors (Lipinski definition) is 5. The highest BCUT2D eigenvalue weighted by Crippen LogP contribution is 2.25. The van der Waals surface area contributed by atoms with Gasteiger partial charge in [0.15, 0.2) is 0 Å². The average Bonchev–Trinajstić information content (AvgIpc) is 2.94. The van der Waals surface area contributed by atoms with Crippen molar-refractivity contribution in [2.75, 3.05) is 16.4 Å². The maximum Gasteiger partial charge on any atom is 0.272 e. The quantitative estimate of drug-likeness (QED) is 0.137. The van der Waals surface area contributed by atoms with Crippen LogP contribution in [0.5, 0.6) is 0 Å². The van der Waals surface area contributed by atoms with Crippen molar-refractivity contribution < 1.29 is 14.4 Å². The maximum absolute atomic E-state index is 13.3. The largest absolute Gasteiger partial charge is 0.321 e. The van der Waals surface area contributed by atoms with Crippen LogP contribution in [-0.2, 0) is 9.59 Å². The van der Waals surface area contributed by atoms with Crippen molar-refractivity contribution in [3.05, 3.63) is 123 Å². The van der Waals surface area contributed by atoms with E-state index in [-0.39, 0.29) is 17.4 Å². The minimum Gasteiger partial charge on any atom is -0.321 e. The Bertz CT molecular complexity index is 1560. The first kappa shape index (κ1) is 29.2. The molecule has 4 rings (SSSR count). The zero-order valence-electron chi connectivity index (χ0n) is 20.7. The van der Waals surface area contributed by atoms with Gasteiger partial charge in [0.25, 0.3) is 11.8 Å². The summed E-state index contributed by atoms with van der Waals surface area (Å²) in [6.07, 6.45) is 2.92. The minimum absolute atomic E-state index is 0.0222. The molecule has 11 heteroatoms. The maximum atomic E-state index is 13.3. The lowest BCUT2D eigenvalue weighted by molar-refractivity contribution is -0.114. The second-order valence-electron chi connectivity index (χ2n) is 8.22. The Morgan fingerprint density at radius 2 is 1.60 bits per heavy atom. The molecule has 0 atom stereocenters. The van der Waals surface area contributed by atoms with E-state index < -0.39 is 11.8 Å². The van der Waals surface area contributed by atoms with Gasteiger partial charge in [0, 0.05) is 32.4 Å². The summed E-state index contributed by atoms with van der Waals surface area (Å²) in [5.74, 6) is -0.757. The van der Waals surface area contributed by atoms with Crippen molar-refractivity contribution in [2.45, 2.75) is 4.90 Å². The zero-order valence-corrected chi connectivity index (χ0v) is 23.7. The topological polar surface area (TPSA) is 100 Å². The average molecular weight is 612 g/mol. The molecule has 0 aliphatic rings. The first-order valence-corrected chi connectivity index (χ1v) is 13.9. The lowest BCUT2D eigenvalue weighted by Gasteiger charge is -2.13. The smallest absolute Gasteiger partial charge is 0.272 e. The van der Waals surface area contributed by atoms with Crippen molar-refractivity contribution in [2.24, 2.45) is 0 Å². The first-order chi connectivity index (χ1) is 19.3. The second kappa shape index (κ2) is 14.0. The van der Waals surface area contributed by atoms with Crippen LogP contribution >= 0.6 is 46.6 Å². The van der Waals surface area contributed by atoms with Crippen LogP contribution in [0.4, 0.5) is 11.5 Å². The van der Waals surface area contributed by atoms with E-state index >= 15 is 0 Å². The predicted octanol–water partition coefficient (Wildman–Crippen LogP) is 7.18. The second-order valence-corrected chi connectivity index (χ2v) is 10.6. The number of carbonyl (C=O) groups is 3. The van der Waals surface area contributed by atoms with Gasteiger partial charge in [-0.2, -0.15) is 0 Å². The summed E-state index contributed by atoms with van der Waals surface area (Å²) >= 11 is 19.4. The Hall–Kier alpha value is -3.82. The van der Waals surface area contributed by atoms with E-state index in [2.05, 4.69) is 20.9 Å². The fourth-order valence-corrected chi connectivity index (χ4v) is 4.69. The van der Waals surface area contributed by atoms with Crippen LogP contribution in [0.2, 0.25) is 15.1 Å². The monoisotopic (exact) mass is 610 g/mol. The number of pyridine rings is 1. The van der Waals surface area contributed by atoms with Crippen LogP contribution in [0, 0.1) is 0 Å². The normalized spacial score (nSPS) is 11.0. The Morgan fingerprint density at radius 3 is 2.33 bits per heavy atom. The number of amides is 3. The molecule has 3 amide bonds. The van der Waals surface area contributed by atoms with E-state index in [4.69, 9.17) is 34.8 Å². The lowest BCUT2D eigenvalue weighted by Crippen LogP contribution is -2.30. The molecule has 202 valence electrons. The number of halogens is 3. The first-order valence-electron chi connectivity index (χ1n) is 11.8. The molecule has 3 aromatic carbocycles. The molecule has 1 heterocycles. The SMILES string of the molecule is O=C(CSc1cccc(NC(=O)/C(=C\c2ccc(Cl)cc2Cl)NC(=O)c2ccccc2)c1)Nc1ccc(Cl)cn1. The number of anilines is 2. The van der Waals surface area contributed by atoms with Crippen LogP contribution in [-0.4, -0.2) is 28.5 Å². The molecule has 0 spiro atoms. The van der Waals surface area contributed by atoms with Gasteiger partial charge in [0.2, 0.25) is 5.91 Å². The van der Waals surface area contributed by atoms with E-state index in [0.717, 1.165) is 4.90 Å².